The molecule has 4 N–H and O–H groups in total. The first-order chi connectivity index (χ1) is 9.51. The van der Waals surface area contributed by atoms with Crippen LogP contribution in [-0.4, -0.2) is 32.5 Å². The molecule has 1 aliphatic rings. The summed E-state index contributed by atoms with van der Waals surface area (Å²) in [5, 5.41) is 5.42. The van der Waals surface area contributed by atoms with Crippen LogP contribution in [0.15, 0.2) is 12.1 Å². The van der Waals surface area contributed by atoms with Gasteiger partial charge in [0.25, 0.3) is 0 Å². The van der Waals surface area contributed by atoms with Crippen LogP contribution < -0.4 is 21.3 Å². The lowest BCUT2D eigenvalue weighted by molar-refractivity contribution is -0.120. The first-order valence-corrected chi connectivity index (χ1v) is 6.65. The fourth-order valence-corrected chi connectivity index (χ4v) is 2.28. The van der Waals surface area contributed by atoms with Gasteiger partial charge in [-0.25, -0.2) is 0 Å². The molecule has 0 saturated carbocycles. The molecule has 0 fully saturated rings. The number of nitrogen functional groups attached to an aromatic ring is 1. The number of aryl methyl sites for hydroxylation is 1. The number of rotatable bonds is 4. The van der Waals surface area contributed by atoms with Crippen LogP contribution in [0.3, 0.4) is 0 Å². The molecule has 0 aliphatic carbocycles. The highest BCUT2D eigenvalue weighted by Crippen LogP contribution is 2.32. The van der Waals surface area contributed by atoms with Gasteiger partial charge in [-0.3, -0.25) is 9.59 Å². The largest absolute Gasteiger partial charge is 0.397 e. The zero-order valence-electron chi connectivity index (χ0n) is 11.8. The number of nitrogens with one attached hydrogen (secondary N) is 2. The van der Waals surface area contributed by atoms with E-state index in [1.807, 2.05) is 18.0 Å². The molecule has 20 heavy (non-hydrogen) atoms. The molecular weight excluding hydrogens is 256 g/mol. The second kappa shape index (κ2) is 5.81. The quantitative estimate of drug-likeness (QED) is 0.707. The van der Waals surface area contributed by atoms with E-state index in [-0.39, 0.29) is 11.8 Å². The van der Waals surface area contributed by atoms with E-state index in [1.54, 1.807) is 13.1 Å². The first kappa shape index (κ1) is 14.2. The molecule has 0 aromatic heterocycles. The van der Waals surface area contributed by atoms with Crippen molar-refractivity contribution in [2.75, 3.05) is 36.6 Å². The summed E-state index contributed by atoms with van der Waals surface area (Å²) < 4.78 is 0. The molecule has 0 unspecified atom stereocenters. The smallest absolute Gasteiger partial charge is 0.224 e. The fourth-order valence-electron chi connectivity index (χ4n) is 2.28. The molecular formula is C14H20N4O2. The van der Waals surface area contributed by atoms with E-state index in [2.05, 4.69) is 10.6 Å². The third-order valence-electron chi connectivity index (χ3n) is 3.51. The molecule has 1 aromatic carbocycles. The number of amides is 2. The van der Waals surface area contributed by atoms with E-state index in [4.69, 9.17) is 5.73 Å². The Morgan fingerprint density at radius 1 is 1.45 bits per heavy atom. The molecule has 0 bridgehead atoms. The number of nitrogens with zero attached hydrogens (tertiary/aromatic N) is 1. The van der Waals surface area contributed by atoms with Crippen molar-refractivity contribution in [3.05, 3.63) is 17.7 Å². The lowest BCUT2D eigenvalue weighted by Crippen LogP contribution is -2.27. The van der Waals surface area contributed by atoms with E-state index >= 15 is 0 Å². The molecule has 6 heteroatoms. The average Bonchev–Trinajstić information content (AvgIpc) is 2.43. The van der Waals surface area contributed by atoms with Gasteiger partial charge in [-0.15, -0.1) is 0 Å². The van der Waals surface area contributed by atoms with Gasteiger partial charge in [0.05, 0.1) is 11.4 Å². The maximum Gasteiger partial charge on any atom is 0.224 e. The summed E-state index contributed by atoms with van der Waals surface area (Å²) in [7, 11) is 3.53. The van der Waals surface area contributed by atoms with E-state index in [0.29, 0.717) is 25.1 Å². The molecule has 108 valence electrons. The lowest BCUT2D eigenvalue weighted by atomic mass is 10.0. The Bertz CT molecular complexity index is 542. The topological polar surface area (TPSA) is 87.5 Å². The fraction of sp³-hybridized carbons (Fsp3) is 0.429. The molecule has 1 heterocycles. The number of carbonyl (C=O) groups is 2. The Hall–Kier alpha value is -2.24. The second-order valence-electron chi connectivity index (χ2n) is 4.96. The van der Waals surface area contributed by atoms with Crippen LogP contribution in [0.2, 0.25) is 0 Å². The summed E-state index contributed by atoms with van der Waals surface area (Å²) in [5.74, 6) is 0.0262. The summed E-state index contributed by atoms with van der Waals surface area (Å²) in [6, 6.07) is 3.78. The van der Waals surface area contributed by atoms with Crippen LogP contribution in [0.1, 0.15) is 18.4 Å². The molecule has 0 atom stereocenters. The third-order valence-corrected chi connectivity index (χ3v) is 3.51. The Morgan fingerprint density at radius 2 is 2.20 bits per heavy atom. The minimum atomic E-state index is 0.000597. The Kier molecular flexibility index (Phi) is 4.12. The van der Waals surface area contributed by atoms with Gasteiger partial charge in [0.1, 0.15) is 0 Å². The Labute approximate surface area is 118 Å². The molecule has 0 spiro atoms. The van der Waals surface area contributed by atoms with Crippen molar-refractivity contribution in [1.29, 1.82) is 0 Å². The summed E-state index contributed by atoms with van der Waals surface area (Å²) in [5.41, 5.74) is 9.41. The number of nitrogens with two attached hydrogens (primary N) is 1. The monoisotopic (exact) mass is 276 g/mol. The van der Waals surface area contributed by atoms with Gasteiger partial charge in [-0.1, -0.05) is 0 Å². The van der Waals surface area contributed by atoms with Gasteiger partial charge in [0.15, 0.2) is 0 Å². The first-order valence-electron chi connectivity index (χ1n) is 6.65. The standard InChI is InChI=1S/C14H20N4O2/c1-16-13(19)5-6-18(2)12-7-9-3-4-14(20)17-11(9)8-10(12)15/h7-8H,3-6,15H2,1-2H3,(H,16,19)(H,17,20). The molecule has 2 amide bonds. The van der Waals surface area contributed by atoms with Crippen LogP contribution in [0, 0.1) is 0 Å². The predicted molar refractivity (Wildman–Crippen MR) is 79.8 cm³/mol. The van der Waals surface area contributed by atoms with Crippen molar-refractivity contribution in [2.24, 2.45) is 0 Å². The van der Waals surface area contributed by atoms with E-state index in [0.717, 1.165) is 23.4 Å². The minimum absolute atomic E-state index is 0.000597. The number of fused-ring (bicyclic) bond motifs is 1. The second-order valence-corrected chi connectivity index (χ2v) is 4.96. The number of carbonyl (C=O) groups excluding carboxylic acids is 2. The summed E-state index contributed by atoms with van der Waals surface area (Å²) in [6.07, 6.45) is 1.64. The maximum absolute atomic E-state index is 11.4. The van der Waals surface area contributed by atoms with Crippen molar-refractivity contribution >= 4 is 28.9 Å². The molecule has 1 aromatic rings. The van der Waals surface area contributed by atoms with E-state index < -0.39 is 0 Å². The van der Waals surface area contributed by atoms with Crippen LogP contribution >= 0.6 is 0 Å². The molecule has 0 saturated heterocycles. The Morgan fingerprint density at radius 3 is 2.90 bits per heavy atom. The average molecular weight is 276 g/mol. The van der Waals surface area contributed by atoms with Crippen LogP contribution in [-0.2, 0) is 16.0 Å². The molecule has 1 aliphatic heterocycles. The normalized spacial score (nSPS) is 13.4. The molecule has 6 nitrogen and oxygen atoms in total. The summed E-state index contributed by atoms with van der Waals surface area (Å²) >= 11 is 0. The van der Waals surface area contributed by atoms with Crippen molar-refractivity contribution in [3.63, 3.8) is 0 Å². The van der Waals surface area contributed by atoms with E-state index in [1.165, 1.54) is 0 Å². The van der Waals surface area contributed by atoms with Gasteiger partial charge in [-0.05, 0) is 24.1 Å². The highest BCUT2D eigenvalue weighted by atomic mass is 16.2. The van der Waals surface area contributed by atoms with Gasteiger partial charge in [0, 0.05) is 39.2 Å². The lowest BCUT2D eigenvalue weighted by Gasteiger charge is -2.25. The number of benzene rings is 1. The molecule has 2 rings (SSSR count). The van der Waals surface area contributed by atoms with Crippen LogP contribution in [0.25, 0.3) is 0 Å². The Balaban J connectivity index is 2.16. The van der Waals surface area contributed by atoms with E-state index in [9.17, 15) is 9.59 Å². The zero-order valence-corrected chi connectivity index (χ0v) is 11.8. The van der Waals surface area contributed by atoms with Gasteiger partial charge in [0.2, 0.25) is 11.8 Å². The van der Waals surface area contributed by atoms with Crippen molar-refractivity contribution in [1.82, 2.24) is 5.32 Å². The third kappa shape index (κ3) is 3.01. The van der Waals surface area contributed by atoms with Gasteiger partial charge in [-0.2, -0.15) is 0 Å². The van der Waals surface area contributed by atoms with Gasteiger partial charge < -0.3 is 21.3 Å². The SMILES string of the molecule is CNC(=O)CCN(C)c1cc2c(cc1N)NC(=O)CC2. The highest BCUT2D eigenvalue weighted by Gasteiger charge is 2.18. The number of hydrogen-bond acceptors (Lipinski definition) is 4. The zero-order chi connectivity index (χ0) is 14.7. The van der Waals surface area contributed by atoms with Crippen LogP contribution in [0.4, 0.5) is 17.1 Å². The number of hydrogen-bond donors (Lipinski definition) is 3. The predicted octanol–water partition coefficient (Wildman–Crippen LogP) is 0.726. The summed E-state index contributed by atoms with van der Waals surface area (Å²) in [4.78, 5) is 24.6. The van der Waals surface area contributed by atoms with Crippen molar-refractivity contribution < 1.29 is 9.59 Å². The maximum atomic E-state index is 11.4. The highest BCUT2D eigenvalue weighted by molar-refractivity contribution is 5.95. The summed E-state index contributed by atoms with van der Waals surface area (Å²) in [6.45, 7) is 0.592. The molecule has 0 radical (unpaired) electrons. The minimum Gasteiger partial charge on any atom is -0.397 e. The van der Waals surface area contributed by atoms with Crippen LogP contribution in [0.5, 0.6) is 0 Å². The van der Waals surface area contributed by atoms with Crippen molar-refractivity contribution in [2.45, 2.75) is 19.3 Å². The van der Waals surface area contributed by atoms with Gasteiger partial charge >= 0.3 is 0 Å². The van der Waals surface area contributed by atoms with Crippen molar-refractivity contribution in [3.8, 4) is 0 Å². The number of anilines is 3.